The predicted molar refractivity (Wildman–Crippen MR) is 65.0 cm³/mol. The van der Waals surface area contributed by atoms with E-state index in [4.69, 9.17) is 16.3 Å². The zero-order valence-corrected chi connectivity index (χ0v) is 10.1. The fraction of sp³-hybridized carbons (Fsp3) is 0.364. The second-order valence-corrected chi connectivity index (χ2v) is 3.57. The maximum atomic E-state index is 11.5. The number of carbonyl (C=O) groups excluding carboxylic acids is 1. The van der Waals surface area contributed by atoms with E-state index in [-0.39, 0.29) is 16.8 Å². The second kappa shape index (κ2) is 7.76. The zero-order chi connectivity index (χ0) is 12.5. The van der Waals surface area contributed by atoms with Gasteiger partial charge in [-0.05, 0) is 18.6 Å². The molecule has 0 atom stereocenters. The molecule has 1 amide bonds. The molecule has 0 aliphatic carbocycles. The maximum absolute atomic E-state index is 11.5. The number of ether oxygens (including phenoxy) is 1. The Labute approximate surface area is 105 Å². The van der Waals surface area contributed by atoms with Crippen LogP contribution >= 0.6 is 11.6 Å². The van der Waals surface area contributed by atoms with Crippen molar-refractivity contribution in [2.45, 2.75) is 6.42 Å². The van der Waals surface area contributed by atoms with Crippen molar-refractivity contribution in [2.75, 3.05) is 19.8 Å². The summed E-state index contributed by atoms with van der Waals surface area (Å²) < 4.78 is 5.24. The minimum atomic E-state index is -0.290. The van der Waals surface area contributed by atoms with E-state index in [1.807, 2.05) is 0 Å². The summed E-state index contributed by atoms with van der Waals surface area (Å²) in [4.78, 5) is 11.5. The van der Waals surface area contributed by atoms with Crippen molar-refractivity contribution in [2.24, 2.45) is 0 Å². The summed E-state index contributed by atoms with van der Waals surface area (Å²) in [6.45, 7) is 5.08. The van der Waals surface area contributed by atoms with Gasteiger partial charge in [0, 0.05) is 6.54 Å². The Bertz CT molecular complexity index is 367. The number of hydrogen-bond acceptors (Lipinski definition) is 4. The van der Waals surface area contributed by atoms with E-state index in [9.17, 15) is 4.79 Å². The fourth-order valence-corrected chi connectivity index (χ4v) is 1.13. The quantitative estimate of drug-likeness (QED) is 0.592. The van der Waals surface area contributed by atoms with E-state index in [0.29, 0.717) is 19.8 Å². The Balaban J connectivity index is 2.21. The maximum Gasteiger partial charge on any atom is 0.271 e. The molecule has 0 aromatic carbocycles. The molecular weight excluding hydrogens is 242 g/mol. The van der Waals surface area contributed by atoms with Crippen LogP contribution in [0.25, 0.3) is 0 Å². The number of amides is 1. The van der Waals surface area contributed by atoms with Gasteiger partial charge in [-0.3, -0.25) is 4.79 Å². The minimum absolute atomic E-state index is 0.237. The van der Waals surface area contributed by atoms with Gasteiger partial charge in [0.25, 0.3) is 5.91 Å². The van der Waals surface area contributed by atoms with Crippen LogP contribution in [0.5, 0.6) is 0 Å². The van der Waals surface area contributed by atoms with Gasteiger partial charge in [-0.25, -0.2) is 0 Å². The number of nitrogens with zero attached hydrogens (tertiary/aromatic N) is 2. The van der Waals surface area contributed by atoms with E-state index < -0.39 is 0 Å². The molecule has 1 aromatic rings. The highest BCUT2D eigenvalue weighted by molar-refractivity contribution is 6.29. The van der Waals surface area contributed by atoms with Crippen LogP contribution in [0.1, 0.15) is 16.9 Å². The SMILES string of the molecule is C=CCCOCCNC(=O)c1ccc(Cl)nn1. The fourth-order valence-electron chi connectivity index (χ4n) is 1.03. The third-order valence-electron chi connectivity index (χ3n) is 1.86. The van der Waals surface area contributed by atoms with Crippen molar-refractivity contribution < 1.29 is 9.53 Å². The van der Waals surface area contributed by atoms with Crippen LogP contribution in [0, 0.1) is 0 Å². The third-order valence-corrected chi connectivity index (χ3v) is 2.06. The molecule has 1 rings (SSSR count). The van der Waals surface area contributed by atoms with Gasteiger partial charge in [0.15, 0.2) is 10.8 Å². The highest BCUT2D eigenvalue weighted by atomic mass is 35.5. The monoisotopic (exact) mass is 255 g/mol. The largest absolute Gasteiger partial charge is 0.379 e. The van der Waals surface area contributed by atoms with Gasteiger partial charge in [-0.1, -0.05) is 17.7 Å². The first-order valence-corrected chi connectivity index (χ1v) is 5.58. The lowest BCUT2D eigenvalue weighted by Crippen LogP contribution is -2.28. The van der Waals surface area contributed by atoms with E-state index in [2.05, 4.69) is 22.1 Å². The second-order valence-electron chi connectivity index (χ2n) is 3.19. The lowest BCUT2D eigenvalue weighted by atomic mass is 10.3. The van der Waals surface area contributed by atoms with Crippen LogP contribution in [-0.4, -0.2) is 35.9 Å². The molecule has 0 saturated heterocycles. The third kappa shape index (κ3) is 5.42. The number of rotatable bonds is 7. The summed E-state index contributed by atoms with van der Waals surface area (Å²) >= 11 is 5.56. The molecule has 0 aliphatic rings. The molecule has 92 valence electrons. The highest BCUT2D eigenvalue weighted by Crippen LogP contribution is 2.01. The Morgan fingerprint density at radius 2 is 2.29 bits per heavy atom. The van der Waals surface area contributed by atoms with Gasteiger partial charge in [0.2, 0.25) is 0 Å². The number of hydrogen-bond donors (Lipinski definition) is 1. The van der Waals surface area contributed by atoms with Crippen molar-refractivity contribution in [3.63, 3.8) is 0 Å². The minimum Gasteiger partial charge on any atom is -0.379 e. The van der Waals surface area contributed by atoms with Crippen LogP contribution < -0.4 is 5.32 Å². The number of nitrogens with one attached hydrogen (secondary N) is 1. The average Bonchev–Trinajstić information content (AvgIpc) is 2.34. The van der Waals surface area contributed by atoms with Crippen LogP contribution in [-0.2, 0) is 4.74 Å². The summed E-state index contributed by atoms with van der Waals surface area (Å²) in [7, 11) is 0. The van der Waals surface area contributed by atoms with Gasteiger partial charge in [-0.15, -0.1) is 16.8 Å². The first-order valence-electron chi connectivity index (χ1n) is 5.20. The van der Waals surface area contributed by atoms with Crippen LogP contribution in [0.2, 0.25) is 5.15 Å². The molecule has 1 aromatic heterocycles. The molecule has 0 saturated carbocycles. The summed E-state index contributed by atoms with van der Waals surface area (Å²) in [6, 6.07) is 3.04. The van der Waals surface area contributed by atoms with Gasteiger partial charge in [0.05, 0.1) is 13.2 Å². The van der Waals surface area contributed by atoms with Crippen LogP contribution in [0.4, 0.5) is 0 Å². The first-order chi connectivity index (χ1) is 8.24. The number of aromatic nitrogens is 2. The topological polar surface area (TPSA) is 64.1 Å². The summed E-state index contributed by atoms with van der Waals surface area (Å²) in [5.74, 6) is -0.290. The zero-order valence-electron chi connectivity index (χ0n) is 9.36. The molecular formula is C11H14ClN3O2. The van der Waals surface area contributed by atoms with E-state index in [1.54, 1.807) is 6.08 Å². The van der Waals surface area contributed by atoms with Gasteiger partial charge in [0.1, 0.15) is 0 Å². The molecule has 0 unspecified atom stereocenters. The van der Waals surface area contributed by atoms with Gasteiger partial charge in [-0.2, -0.15) is 0 Å². The number of carbonyl (C=O) groups is 1. The van der Waals surface area contributed by atoms with E-state index in [1.165, 1.54) is 12.1 Å². The number of halogens is 1. The molecule has 1 N–H and O–H groups in total. The van der Waals surface area contributed by atoms with Crippen LogP contribution in [0.15, 0.2) is 24.8 Å². The van der Waals surface area contributed by atoms with Crippen molar-refractivity contribution in [1.82, 2.24) is 15.5 Å². The van der Waals surface area contributed by atoms with Gasteiger partial charge >= 0.3 is 0 Å². The predicted octanol–water partition coefficient (Wildman–Crippen LogP) is 1.45. The molecule has 0 spiro atoms. The molecule has 0 aliphatic heterocycles. The Kier molecular flexibility index (Phi) is 6.21. The summed E-state index contributed by atoms with van der Waals surface area (Å²) in [5.41, 5.74) is 0.237. The molecule has 0 bridgehead atoms. The van der Waals surface area contributed by atoms with E-state index in [0.717, 1.165) is 6.42 Å². The normalized spacial score (nSPS) is 9.94. The van der Waals surface area contributed by atoms with Crippen molar-refractivity contribution in [3.05, 3.63) is 35.6 Å². The molecule has 5 nitrogen and oxygen atoms in total. The first kappa shape index (κ1) is 13.6. The Morgan fingerprint density at radius 1 is 1.47 bits per heavy atom. The molecule has 0 fully saturated rings. The van der Waals surface area contributed by atoms with Crippen LogP contribution in [0.3, 0.4) is 0 Å². The smallest absolute Gasteiger partial charge is 0.271 e. The lowest BCUT2D eigenvalue weighted by Gasteiger charge is -2.04. The Hall–Kier alpha value is -1.46. The average molecular weight is 256 g/mol. The molecule has 17 heavy (non-hydrogen) atoms. The summed E-state index contributed by atoms with van der Waals surface area (Å²) in [6.07, 6.45) is 2.58. The summed E-state index contributed by atoms with van der Waals surface area (Å²) in [5, 5.41) is 10.2. The molecule has 1 heterocycles. The van der Waals surface area contributed by atoms with E-state index >= 15 is 0 Å². The lowest BCUT2D eigenvalue weighted by molar-refractivity contribution is 0.0912. The van der Waals surface area contributed by atoms with Gasteiger partial charge < -0.3 is 10.1 Å². The molecule has 0 radical (unpaired) electrons. The Morgan fingerprint density at radius 3 is 2.94 bits per heavy atom. The van der Waals surface area contributed by atoms with Crippen molar-refractivity contribution in [3.8, 4) is 0 Å². The molecule has 6 heteroatoms. The van der Waals surface area contributed by atoms with Crippen molar-refractivity contribution in [1.29, 1.82) is 0 Å². The van der Waals surface area contributed by atoms with Crippen molar-refractivity contribution >= 4 is 17.5 Å². The standard InChI is InChI=1S/C11H14ClN3O2/c1-2-3-7-17-8-6-13-11(16)9-4-5-10(12)15-14-9/h2,4-5H,1,3,6-8H2,(H,13,16). The highest BCUT2D eigenvalue weighted by Gasteiger charge is 2.06.